The number of hydrogen-bond acceptors (Lipinski definition) is 3. The normalized spacial score (nSPS) is 33.0. The summed E-state index contributed by atoms with van der Waals surface area (Å²) in [6.07, 6.45) is 0. The first-order valence-corrected chi connectivity index (χ1v) is 3.24. The summed E-state index contributed by atoms with van der Waals surface area (Å²) in [7, 11) is 0. The summed E-state index contributed by atoms with van der Waals surface area (Å²) in [5, 5.41) is 0. The van der Waals surface area contributed by atoms with Crippen molar-refractivity contribution >= 4 is 12.8 Å². The molecule has 0 N–H and O–H groups in total. The van der Waals surface area contributed by atoms with Crippen molar-refractivity contribution in [3.63, 3.8) is 0 Å². The molecule has 0 unspecified atom stereocenters. The number of thiol groups is 1. The first-order valence-electron chi connectivity index (χ1n) is 2.84. The maximum absolute atomic E-state index is 5.16. The highest BCUT2D eigenvalue weighted by Crippen LogP contribution is 2.06. The number of hydrogen-bond donors (Lipinski definition) is 1. The number of nitrogens with zero attached hydrogens (tertiary/aromatic N) is 1. The zero-order valence-electron chi connectivity index (χ0n) is 5.00. The lowest BCUT2D eigenvalue weighted by Crippen LogP contribution is -2.37. The number of rotatable bonds is 0. The molecule has 2 nitrogen and oxygen atoms in total. The van der Waals surface area contributed by atoms with Gasteiger partial charge in [-0.25, -0.2) is 4.31 Å². The van der Waals surface area contributed by atoms with Gasteiger partial charge in [0.1, 0.15) is 0 Å². The van der Waals surface area contributed by atoms with Crippen LogP contribution in [0.1, 0.15) is 6.92 Å². The molecule has 1 heterocycles. The summed E-state index contributed by atoms with van der Waals surface area (Å²) in [5.41, 5.74) is 0. The Balaban J connectivity index is 2.28. The summed E-state index contributed by atoms with van der Waals surface area (Å²) in [6.45, 7) is 4.70. The molecule has 0 aromatic heterocycles. The molecule has 1 saturated heterocycles. The van der Waals surface area contributed by atoms with Gasteiger partial charge in [-0.15, -0.1) is 0 Å². The van der Waals surface area contributed by atoms with Gasteiger partial charge < -0.3 is 4.74 Å². The van der Waals surface area contributed by atoms with Crippen molar-refractivity contribution in [3.8, 4) is 0 Å². The molecule has 1 fully saturated rings. The van der Waals surface area contributed by atoms with E-state index in [0.717, 1.165) is 19.8 Å². The van der Waals surface area contributed by atoms with Gasteiger partial charge >= 0.3 is 0 Å². The van der Waals surface area contributed by atoms with E-state index in [-0.39, 0.29) is 0 Å². The van der Waals surface area contributed by atoms with Gasteiger partial charge in [-0.3, -0.25) is 0 Å². The molecule has 0 amide bonds. The van der Waals surface area contributed by atoms with E-state index in [1.54, 1.807) is 0 Å². The van der Waals surface area contributed by atoms with Gasteiger partial charge in [0, 0.05) is 12.6 Å². The Labute approximate surface area is 55.4 Å². The zero-order valence-corrected chi connectivity index (χ0v) is 5.90. The fourth-order valence-corrected chi connectivity index (χ4v) is 0.867. The molecule has 0 aliphatic carbocycles. The van der Waals surface area contributed by atoms with E-state index in [4.69, 9.17) is 4.74 Å². The van der Waals surface area contributed by atoms with Crippen LogP contribution in [0.15, 0.2) is 0 Å². The molecule has 0 radical (unpaired) electrons. The molecular weight excluding hydrogens is 122 g/mol. The topological polar surface area (TPSA) is 12.5 Å². The van der Waals surface area contributed by atoms with Gasteiger partial charge in [0.05, 0.1) is 13.2 Å². The quantitative estimate of drug-likeness (QED) is 0.484. The highest BCUT2D eigenvalue weighted by atomic mass is 32.1. The summed E-state index contributed by atoms with van der Waals surface area (Å²) < 4.78 is 7.17. The predicted molar refractivity (Wildman–Crippen MR) is 36.0 cm³/mol. The van der Waals surface area contributed by atoms with Crippen molar-refractivity contribution in [2.75, 3.05) is 19.8 Å². The van der Waals surface area contributed by atoms with Crippen LogP contribution in [-0.4, -0.2) is 30.1 Å². The summed E-state index contributed by atoms with van der Waals surface area (Å²) in [6, 6.07) is 0.479. The largest absolute Gasteiger partial charge is 0.378 e. The highest BCUT2D eigenvalue weighted by Gasteiger charge is 2.13. The fraction of sp³-hybridized carbons (Fsp3) is 1.00. The van der Waals surface area contributed by atoms with Gasteiger partial charge in [-0.1, -0.05) is 12.8 Å². The van der Waals surface area contributed by atoms with E-state index in [0.29, 0.717) is 6.04 Å². The summed E-state index contributed by atoms with van der Waals surface area (Å²) in [4.78, 5) is 0. The molecular formula is C5H11NOS. The van der Waals surface area contributed by atoms with Crippen LogP contribution in [0.5, 0.6) is 0 Å². The number of ether oxygens (including phenoxy) is 1. The van der Waals surface area contributed by atoms with Crippen LogP contribution in [0.3, 0.4) is 0 Å². The minimum absolute atomic E-state index is 0.479. The molecule has 0 bridgehead atoms. The van der Waals surface area contributed by atoms with Gasteiger partial charge in [-0.05, 0) is 6.92 Å². The van der Waals surface area contributed by atoms with E-state index in [1.165, 1.54) is 0 Å². The molecule has 0 aromatic rings. The maximum atomic E-state index is 5.16. The van der Waals surface area contributed by atoms with Gasteiger partial charge in [0.25, 0.3) is 0 Å². The summed E-state index contributed by atoms with van der Waals surface area (Å²) >= 11 is 4.21. The Morgan fingerprint density at radius 3 is 2.88 bits per heavy atom. The molecule has 1 aliphatic heterocycles. The highest BCUT2D eigenvalue weighted by molar-refractivity contribution is 7.77. The SMILES string of the molecule is C[C@@H]1COCCN1S. The Bertz CT molecular complexity index is 68.8. The van der Waals surface area contributed by atoms with Gasteiger partial charge in [-0.2, -0.15) is 0 Å². The Morgan fingerprint density at radius 2 is 2.50 bits per heavy atom. The Kier molecular flexibility index (Phi) is 2.16. The van der Waals surface area contributed by atoms with Crippen LogP contribution in [-0.2, 0) is 4.74 Å². The molecule has 8 heavy (non-hydrogen) atoms. The lowest BCUT2D eigenvalue weighted by molar-refractivity contribution is 0.0450. The van der Waals surface area contributed by atoms with Crippen LogP contribution >= 0.6 is 12.8 Å². The van der Waals surface area contributed by atoms with E-state index in [9.17, 15) is 0 Å². The van der Waals surface area contributed by atoms with Crippen LogP contribution in [0, 0.1) is 0 Å². The van der Waals surface area contributed by atoms with E-state index in [2.05, 4.69) is 19.7 Å². The van der Waals surface area contributed by atoms with Gasteiger partial charge in [0.15, 0.2) is 0 Å². The van der Waals surface area contributed by atoms with Crippen molar-refractivity contribution in [1.29, 1.82) is 0 Å². The Morgan fingerprint density at radius 1 is 1.75 bits per heavy atom. The Hall–Kier alpha value is 0.270. The molecule has 0 saturated carbocycles. The fourth-order valence-electron chi connectivity index (χ4n) is 0.718. The zero-order chi connectivity index (χ0) is 5.98. The second kappa shape index (κ2) is 2.71. The average molecular weight is 133 g/mol. The van der Waals surface area contributed by atoms with Gasteiger partial charge in [0.2, 0.25) is 0 Å². The van der Waals surface area contributed by atoms with Crippen LogP contribution in [0.4, 0.5) is 0 Å². The smallest absolute Gasteiger partial charge is 0.0629 e. The van der Waals surface area contributed by atoms with E-state index >= 15 is 0 Å². The van der Waals surface area contributed by atoms with Crippen LogP contribution in [0.2, 0.25) is 0 Å². The van der Waals surface area contributed by atoms with Crippen molar-refractivity contribution in [3.05, 3.63) is 0 Å². The molecule has 1 aliphatic rings. The first-order chi connectivity index (χ1) is 3.80. The van der Waals surface area contributed by atoms with Crippen molar-refractivity contribution in [1.82, 2.24) is 4.31 Å². The second-order valence-electron chi connectivity index (χ2n) is 2.09. The molecule has 1 rings (SSSR count). The molecule has 3 heteroatoms. The van der Waals surface area contributed by atoms with Crippen LogP contribution < -0.4 is 0 Å². The van der Waals surface area contributed by atoms with Crippen molar-refractivity contribution in [2.24, 2.45) is 0 Å². The minimum atomic E-state index is 0.479. The lowest BCUT2D eigenvalue weighted by Gasteiger charge is -2.27. The predicted octanol–water partition coefficient (Wildman–Crippen LogP) is 0.552. The second-order valence-corrected chi connectivity index (χ2v) is 2.60. The third-order valence-corrected chi connectivity index (χ3v) is 1.93. The van der Waals surface area contributed by atoms with Crippen molar-refractivity contribution < 1.29 is 4.74 Å². The third kappa shape index (κ3) is 1.37. The van der Waals surface area contributed by atoms with E-state index in [1.807, 2.05) is 4.31 Å². The average Bonchev–Trinajstić information content (AvgIpc) is 1.77. The molecule has 0 aromatic carbocycles. The van der Waals surface area contributed by atoms with E-state index < -0.39 is 0 Å². The summed E-state index contributed by atoms with van der Waals surface area (Å²) in [5.74, 6) is 0. The number of morpholine rings is 1. The standard InChI is InChI=1S/C5H11NOS/c1-5-4-7-3-2-6(5)8/h5,8H,2-4H2,1H3/t5-/m1/s1. The minimum Gasteiger partial charge on any atom is -0.378 e. The monoisotopic (exact) mass is 133 g/mol. The molecule has 0 spiro atoms. The lowest BCUT2D eigenvalue weighted by atomic mass is 10.3. The first kappa shape index (κ1) is 6.39. The van der Waals surface area contributed by atoms with Crippen molar-refractivity contribution in [2.45, 2.75) is 13.0 Å². The third-order valence-electron chi connectivity index (χ3n) is 1.33. The van der Waals surface area contributed by atoms with Crippen LogP contribution in [0.25, 0.3) is 0 Å². The molecule has 48 valence electrons. The maximum Gasteiger partial charge on any atom is 0.0629 e. The molecule has 1 atom stereocenters.